The zero-order valence-corrected chi connectivity index (χ0v) is 15.3. The second-order valence-electron chi connectivity index (χ2n) is 6.31. The van der Waals surface area contributed by atoms with Gasteiger partial charge in [-0.1, -0.05) is 26.0 Å². The fraction of sp³-hybridized carbons (Fsp3) is 0.263. The van der Waals surface area contributed by atoms with E-state index >= 15 is 0 Å². The van der Waals surface area contributed by atoms with E-state index in [1.165, 1.54) is 0 Å². The lowest BCUT2D eigenvalue weighted by molar-refractivity contribution is 0.0923. The average Bonchev–Trinajstić information content (AvgIpc) is 3.02. The number of rotatable bonds is 5. The van der Waals surface area contributed by atoms with E-state index in [0.29, 0.717) is 10.5 Å². The predicted molar refractivity (Wildman–Crippen MR) is 99.9 cm³/mol. The standard InChI is InChI=1S/C19H21N3O2S/c1-12(2)17(18-20-15-6-4-5-7-16(15)21-18)22-19(23)13-8-10-14(11-9-13)25(3)24/h4-12,17H,1-3H3,(H,20,21)(H,22,23). The number of hydrogen-bond acceptors (Lipinski definition) is 3. The van der Waals surface area contributed by atoms with E-state index in [1.807, 2.05) is 38.1 Å². The number of benzene rings is 2. The van der Waals surface area contributed by atoms with E-state index in [4.69, 9.17) is 0 Å². The van der Waals surface area contributed by atoms with Gasteiger partial charge < -0.3 is 10.3 Å². The second-order valence-corrected chi connectivity index (χ2v) is 7.69. The molecule has 6 heteroatoms. The number of nitrogens with one attached hydrogen (secondary N) is 2. The highest BCUT2D eigenvalue weighted by molar-refractivity contribution is 7.84. The van der Waals surface area contributed by atoms with Gasteiger partial charge in [-0.2, -0.15) is 0 Å². The first-order chi connectivity index (χ1) is 12.0. The van der Waals surface area contributed by atoms with Gasteiger partial charge in [-0.3, -0.25) is 9.00 Å². The summed E-state index contributed by atoms with van der Waals surface area (Å²) in [5, 5.41) is 3.05. The molecule has 2 N–H and O–H groups in total. The number of hydrogen-bond donors (Lipinski definition) is 2. The minimum atomic E-state index is -1.05. The highest BCUT2D eigenvalue weighted by atomic mass is 32.2. The summed E-state index contributed by atoms with van der Waals surface area (Å²) in [5.74, 6) is 0.746. The summed E-state index contributed by atoms with van der Waals surface area (Å²) in [6.45, 7) is 4.09. The van der Waals surface area contributed by atoms with Crippen molar-refractivity contribution in [3.05, 3.63) is 59.9 Å². The van der Waals surface area contributed by atoms with Crippen LogP contribution in [0.3, 0.4) is 0 Å². The van der Waals surface area contributed by atoms with Crippen molar-refractivity contribution in [2.75, 3.05) is 6.26 Å². The molecule has 1 aromatic heterocycles. The monoisotopic (exact) mass is 355 g/mol. The summed E-state index contributed by atoms with van der Waals surface area (Å²) in [7, 11) is -1.05. The predicted octanol–water partition coefficient (Wildman–Crippen LogP) is 3.43. The third-order valence-electron chi connectivity index (χ3n) is 4.10. The maximum absolute atomic E-state index is 12.6. The average molecular weight is 355 g/mol. The Balaban J connectivity index is 1.83. The Bertz CT molecular complexity index is 883. The van der Waals surface area contributed by atoms with Crippen molar-refractivity contribution in [3.8, 4) is 0 Å². The van der Waals surface area contributed by atoms with E-state index in [9.17, 15) is 9.00 Å². The molecule has 0 spiro atoms. The van der Waals surface area contributed by atoms with E-state index < -0.39 is 10.8 Å². The minimum absolute atomic E-state index is 0.173. The van der Waals surface area contributed by atoms with Gasteiger partial charge in [-0.05, 0) is 42.3 Å². The van der Waals surface area contributed by atoms with Crippen LogP contribution in [0.1, 0.15) is 36.1 Å². The molecular formula is C19H21N3O2S. The molecule has 2 aromatic carbocycles. The third kappa shape index (κ3) is 3.79. The van der Waals surface area contributed by atoms with Crippen LogP contribution >= 0.6 is 0 Å². The molecular weight excluding hydrogens is 334 g/mol. The quantitative estimate of drug-likeness (QED) is 0.736. The highest BCUT2D eigenvalue weighted by Crippen LogP contribution is 2.22. The summed E-state index contributed by atoms with van der Waals surface area (Å²) in [6, 6.07) is 14.4. The van der Waals surface area contributed by atoms with Gasteiger partial charge in [-0.15, -0.1) is 0 Å². The lowest BCUT2D eigenvalue weighted by atomic mass is 10.0. The fourth-order valence-corrected chi connectivity index (χ4v) is 3.21. The van der Waals surface area contributed by atoms with Crippen LogP contribution in [-0.2, 0) is 10.8 Å². The van der Waals surface area contributed by atoms with Crippen LogP contribution in [0.5, 0.6) is 0 Å². The Labute approximate surface area is 149 Å². The Hall–Kier alpha value is -2.47. The highest BCUT2D eigenvalue weighted by Gasteiger charge is 2.22. The molecule has 1 amide bonds. The number of fused-ring (bicyclic) bond motifs is 1. The zero-order valence-electron chi connectivity index (χ0n) is 14.4. The molecule has 0 aliphatic heterocycles. The largest absolute Gasteiger partial charge is 0.342 e. The first-order valence-electron chi connectivity index (χ1n) is 8.14. The smallest absolute Gasteiger partial charge is 0.251 e. The SMILES string of the molecule is CC(C)C(NC(=O)c1ccc(S(C)=O)cc1)c1nc2ccccc2[nH]1. The Morgan fingerprint density at radius 1 is 1.12 bits per heavy atom. The molecule has 0 aliphatic carbocycles. The molecule has 1 heterocycles. The molecule has 0 saturated heterocycles. The first-order valence-corrected chi connectivity index (χ1v) is 9.70. The molecule has 130 valence electrons. The molecule has 0 aliphatic rings. The van der Waals surface area contributed by atoms with Gasteiger partial charge >= 0.3 is 0 Å². The van der Waals surface area contributed by atoms with E-state index in [-0.39, 0.29) is 17.9 Å². The van der Waals surface area contributed by atoms with Gasteiger partial charge in [0, 0.05) is 27.5 Å². The number of para-hydroxylation sites is 2. The number of imidazole rings is 1. The molecule has 25 heavy (non-hydrogen) atoms. The molecule has 0 saturated carbocycles. The van der Waals surface area contributed by atoms with Crippen molar-refractivity contribution in [2.45, 2.75) is 24.8 Å². The van der Waals surface area contributed by atoms with Crippen LogP contribution < -0.4 is 5.32 Å². The number of carbonyl (C=O) groups excluding carboxylic acids is 1. The molecule has 5 nitrogen and oxygen atoms in total. The van der Waals surface area contributed by atoms with Crippen molar-refractivity contribution < 1.29 is 9.00 Å². The number of nitrogens with zero attached hydrogens (tertiary/aromatic N) is 1. The zero-order chi connectivity index (χ0) is 18.0. The molecule has 0 fully saturated rings. The summed E-state index contributed by atoms with van der Waals surface area (Å²) in [6.07, 6.45) is 1.62. The molecule has 0 radical (unpaired) electrons. The van der Waals surface area contributed by atoms with Crippen LogP contribution in [0.4, 0.5) is 0 Å². The number of amides is 1. The summed E-state index contributed by atoms with van der Waals surface area (Å²) in [5.41, 5.74) is 2.37. The maximum atomic E-state index is 12.6. The van der Waals surface area contributed by atoms with Gasteiger partial charge in [0.1, 0.15) is 5.82 Å². The van der Waals surface area contributed by atoms with Crippen molar-refractivity contribution in [1.82, 2.24) is 15.3 Å². The summed E-state index contributed by atoms with van der Waals surface area (Å²) >= 11 is 0. The molecule has 2 atom stereocenters. The van der Waals surface area contributed by atoms with Crippen LogP contribution in [0.25, 0.3) is 11.0 Å². The normalized spacial score (nSPS) is 13.8. The van der Waals surface area contributed by atoms with E-state index in [0.717, 1.165) is 16.9 Å². The topological polar surface area (TPSA) is 74.8 Å². The lowest BCUT2D eigenvalue weighted by Crippen LogP contribution is -2.32. The van der Waals surface area contributed by atoms with Crippen molar-refractivity contribution in [3.63, 3.8) is 0 Å². The van der Waals surface area contributed by atoms with Gasteiger partial charge in [0.2, 0.25) is 0 Å². The lowest BCUT2D eigenvalue weighted by Gasteiger charge is -2.20. The van der Waals surface area contributed by atoms with Crippen LogP contribution in [0.15, 0.2) is 53.4 Å². The Morgan fingerprint density at radius 2 is 1.80 bits per heavy atom. The van der Waals surface area contributed by atoms with Crippen LogP contribution in [0, 0.1) is 5.92 Å². The van der Waals surface area contributed by atoms with E-state index in [2.05, 4.69) is 15.3 Å². The van der Waals surface area contributed by atoms with Crippen molar-refractivity contribution in [1.29, 1.82) is 0 Å². The number of aromatic amines is 1. The third-order valence-corrected chi connectivity index (χ3v) is 5.04. The van der Waals surface area contributed by atoms with E-state index in [1.54, 1.807) is 30.5 Å². The van der Waals surface area contributed by atoms with Crippen molar-refractivity contribution >= 4 is 27.7 Å². The number of carbonyl (C=O) groups is 1. The van der Waals surface area contributed by atoms with Crippen LogP contribution in [0.2, 0.25) is 0 Å². The van der Waals surface area contributed by atoms with Crippen LogP contribution in [-0.4, -0.2) is 26.3 Å². The summed E-state index contributed by atoms with van der Waals surface area (Å²) in [4.78, 5) is 21.2. The van der Waals surface area contributed by atoms with Gasteiger partial charge in [-0.25, -0.2) is 4.98 Å². The minimum Gasteiger partial charge on any atom is -0.342 e. The Kier molecular flexibility index (Phi) is 4.99. The number of aromatic nitrogens is 2. The summed E-state index contributed by atoms with van der Waals surface area (Å²) < 4.78 is 11.5. The first kappa shape index (κ1) is 17.4. The van der Waals surface area contributed by atoms with Gasteiger partial charge in [0.25, 0.3) is 5.91 Å². The molecule has 3 aromatic rings. The fourth-order valence-electron chi connectivity index (χ4n) is 2.69. The van der Waals surface area contributed by atoms with Gasteiger partial charge in [0.15, 0.2) is 0 Å². The maximum Gasteiger partial charge on any atom is 0.251 e. The Morgan fingerprint density at radius 3 is 2.40 bits per heavy atom. The number of H-pyrrole nitrogens is 1. The molecule has 0 bridgehead atoms. The van der Waals surface area contributed by atoms with Gasteiger partial charge in [0.05, 0.1) is 17.1 Å². The van der Waals surface area contributed by atoms with Crippen molar-refractivity contribution in [2.24, 2.45) is 5.92 Å². The molecule has 3 rings (SSSR count). The second kappa shape index (κ2) is 7.19. The molecule has 2 unspecified atom stereocenters.